The van der Waals surface area contributed by atoms with E-state index < -0.39 is 0 Å². The Morgan fingerprint density at radius 2 is 1.68 bits per heavy atom. The fourth-order valence-corrected chi connectivity index (χ4v) is 4.29. The monoisotopic (exact) mass is 265 g/mol. The number of rotatable bonds is 3. The molecule has 0 aromatic carbocycles. The lowest BCUT2D eigenvalue weighted by molar-refractivity contribution is 0.0980. The summed E-state index contributed by atoms with van der Waals surface area (Å²) in [5.41, 5.74) is 0. The summed E-state index contributed by atoms with van der Waals surface area (Å²) >= 11 is 0. The smallest absolute Gasteiger partial charge is 0.0198 e. The Kier molecular flexibility index (Phi) is 4.45. The van der Waals surface area contributed by atoms with E-state index in [1.165, 1.54) is 64.8 Å². The average Bonchev–Trinajstić information content (AvgIpc) is 2.70. The summed E-state index contributed by atoms with van der Waals surface area (Å²) in [5, 5.41) is 3.80. The molecule has 2 atom stereocenters. The minimum Gasteiger partial charge on any atom is -0.310 e. The molecule has 3 aliphatic rings. The highest BCUT2D eigenvalue weighted by atomic mass is 15.2. The highest BCUT2D eigenvalue weighted by Crippen LogP contribution is 2.25. The molecule has 0 amide bonds. The molecule has 0 aromatic rings. The summed E-state index contributed by atoms with van der Waals surface area (Å²) in [6.45, 7) is 11.3. The van der Waals surface area contributed by atoms with E-state index in [2.05, 4.69) is 29.0 Å². The van der Waals surface area contributed by atoms with Crippen LogP contribution in [0.3, 0.4) is 0 Å². The van der Waals surface area contributed by atoms with Crippen molar-refractivity contribution in [3.63, 3.8) is 0 Å². The van der Waals surface area contributed by atoms with Gasteiger partial charge < -0.3 is 10.2 Å². The van der Waals surface area contributed by atoms with Crippen LogP contribution in [0.15, 0.2) is 0 Å². The molecule has 3 heterocycles. The molecule has 3 nitrogen and oxygen atoms in total. The summed E-state index contributed by atoms with van der Waals surface area (Å²) < 4.78 is 0. The number of hydrogen-bond acceptors (Lipinski definition) is 3. The van der Waals surface area contributed by atoms with Crippen LogP contribution in [-0.4, -0.2) is 60.6 Å². The lowest BCUT2D eigenvalue weighted by atomic mass is 9.99. The molecular weight excluding hydrogens is 234 g/mol. The standard InChI is InChI=1S/C16H31N3/c1-13(2)11-18-8-6-16(7-9-18)19-10-5-14-3-4-15(12-19)17-14/h13-17H,3-12H2,1-2H3. The molecule has 3 heteroatoms. The van der Waals surface area contributed by atoms with Crippen LogP contribution in [0, 0.1) is 5.92 Å². The van der Waals surface area contributed by atoms with Crippen LogP contribution in [0.5, 0.6) is 0 Å². The van der Waals surface area contributed by atoms with Gasteiger partial charge in [0.25, 0.3) is 0 Å². The van der Waals surface area contributed by atoms with Crippen molar-refractivity contribution < 1.29 is 0 Å². The van der Waals surface area contributed by atoms with Crippen LogP contribution >= 0.6 is 0 Å². The van der Waals surface area contributed by atoms with Crippen molar-refractivity contribution in [3.05, 3.63) is 0 Å². The molecule has 2 unspecified atom stereocenters. The third-order valence-corrected chi connectivity index (χ3v) is 5.25. The molecule has 3 rings (SSSR count). The van der Waals surface area contributed by atoms with Gasteiger partial charge in [0.05, 0.1) is 0 Å². The predicted molar refractivity (Wildman–Crippen MR) is 80.4 cm³/mol. The van der Waals surface area contributed by atoms with E-state index in [1.54, 1.807) is 0 Å². The molecule has 0 saturated carbocycles. The molecule has 0 radical (unpaired) electrons. The Morgan fingerprint density at radius 1 is 0.947 bits per heavy atom. The van der Waals surface area contributed by atoms with Gasteiger partial charge in [0.2, 0.25) is 0 Å². The number of piperidine rings is 1. The molecule has 1 N–H and O–H groups in total. The van der Waals surface area contributed by atoms with Gasteiger partial charge in [0.15, 0.2) is 0 Å². The summed E-state index contributed by atoms with van der Waals surface area (Å²) in [6.07, 6.45) is 7.00. The van der Waals surface area contributed by atoms with Gasteiger partial charge in [-0.05, 0) is 57.7 Å². The first-order chi connectivity index (χ1) is 9.20. The Labute approximate surface area is 118 Å². The first-order valence-electron chi connectivity index (χ1n) is 8.43. The maximum absolute atomic E-state index is 3.80. The fraction of sp³-hybridized carbons (Fsp3) is 1.00. The Bertz CT molecular complexity index is 284. The highest BCUT2D eigenvalue weighted by Gasteiger charge is 2.33. The van der Waals surface area contributed by atoms with Crippen LogP contribution in [0.1, 0.15) is 46.0 Å². The van der Waals surface area contributed by atoms with Crippen molar-refractivity contribution in [1.29, 1.82) is 0 Å². The first-order valence-corrected chi connectivity index (χ1v) is 8.43. The molecule has 3 fully saturated rings. The minimum atomic E-state index is 0.793. The fourth-order valence-electron chi connectivity index (χ4n) is 4.29. The first kappa shape index (κ1) is 13.8. The zero-order valence-electron chi connectivity index (χ0n) is 12.8. The van der Waals surface area contributed by atoms with Crippen molar-refractivity contribution in [3.8, 4) is 0 Å². The summed E-state index contributed by atoms with van der Waals surface area (Å²) in [7, 11) is 0. The number of fused-ring (bicyclic) bond motifs is 2. The predicted octanol–water partition coefficient (Wildman–Crippen LogP) is 1.93. The van der Waals surface area contributed by atoms with Gasteiger partial charge in [-0.3, -0.25) is 4.90 Å². The van der Waals surface area contributed by atoms with Gasteiger partial charge in [0, 0.05) is 31.2 Å². The van der Waals surface area contributed by atoms with Crippen molar-refractivity contribution in [2.75, 3.05) is 32.7 Å². The van der Waals surface area contributed by atoms with Crippen molar-refractivity contribution in [1.82, 2.24) is 15.1 Å². The van der Waals surface area contributed by atoms with Crippen molar-refractivity contribution >= 4 is 0 Å². The van der Waals surface area contributed by atoms with E-state index in [4.69, 9.17) is 0 Å². The zero-order valence-corrected chi connectivity index (χ0v) is 12.8. The van der Waals surface area contributed by atoms with Crippen LogP contribution in [-0.2, 0) is 0 Å². The third kappa shape index (κ3) is 3.50. The average molecular weight is 265 g/mol. The topological polar surface area (TPSA) is 18.5 Å². The lowest BCUT2D eigenvalue weighted by Crippen LogP contribution is -2.48. The highest BCUT2D eigenvalue weighted by molar-refractivity contribution is 4.92. The molecule has 0 spiro atoms. The zero-order chi connectivity index (χ0) is 13.2. The van der Waals surface area contributed by atoms with Crippen LogP contribution in [0.4, 0.5) is 0 Å². The summed E-state index contributed by atoms with van der Waals surface area (Å²) in [4.78, 5) is 5.48. The van der Waals surface area contributed by atoms with Gasteiger partial charge in [-0.1, -0.05) is 13.8 Å². The molecule has 3 saturated heterocycles. The minimum absolute atomic E-state index is 0.793. The number of hydrogen-bond donors (Lipinski definition) is 1. The van der Waals surface area contributed by atoms with Crippen molar-refractivity contribution in [2.45, 2.75) is 64.1 Å². The molecule has 0 aliphatic carbocycles. The second kappa shape index (κ2) is 6.11. The Morgan fingerprint density at radius 3 is 2.42 bits per heavy atom. The second-order valence-electron chi connectivity index (χ2n) is 7.35. The van der Waals surface area contributed by atoms with Crippen LogP contribution < -0.4 is 5.32 Å². The van der Waals surface area contributed by atoms with E-state index >= 15 is 0 Å². The summed E-state index contributed by atoms with van der Waals surface area (Å²) in [6, 6.07) is 2.49. The normalized spacial score (nSPS) is 34.9. The molecular formula is C16H31N3. The van der Waals surface area contributed by atoms with E-state index in [9.17, 15) is 0 Å². The SMILES string of the molecule is CC(C)CN1CCC(N2CCC3CCC(C2)N3)CC1. The maximum atomic E-state index is 3.80. The second-order valence-corrected chi connectivity index (χ2v) is 7.35. The van der Waals surface area contributed by atoms with Gasteiger partial charge >= 0.3 is 0 Å². The van der Waals surface area contributed by atoms with E-state index in [1.807, 2.05) is 0 Å². The van der Waals surface area contributed by atoms with Gasteiger partial charge in [-0.15, -0.1) is 0 Å². The number of nitrogens with zero attached hydrogens (tertiary/aromatic N) is 2. The van der Waals surface area contributed by atoms with Gasteiger partial charge in [-0.2, -0.15) is 0 Å². The lowest BCUT2D eigenvalue weighted by Gasteiger charge is -2.39. The van der Waals surface area contributed by atoms with Crippen molar-refractivity contribution in [2.24, 2.45) is 5.92 Å². The molecule has 3 aliphatic heterocycles. The number of nitrogens with one attached hydrogen (secondary N) is 1. The van der Waals surface area contributed by atoms with Crippen LogP contribution in [0.25, 0.3) is 0 Å². The van der Waals surface area contributed by atoms with E-state index in [0.717, 1.165) is 24.0 Å². The van der Waals surface area contributed by atoms with Gasteiger partial charge in [0.1, 0.15) is 0 Å². The van der Waals surface area contributed by atoms with E-state index in [-0.39, 0.29) is 0 Å². The van der Waals surface area contributed by atoms with E-state index in [0.29, 0.717) is 0 Å². The number of likely N-dealkylation sites (tertiary alicyclic amines) is 2. The molecule has 0 aromatic heterocycles. The van der Waals surface area contributed by atoms with Gasteiger partial charge in [-0.25, -0.2) is 0 Å². The molecule has 19 heavy (non-hydrogen) atoms. The Balaban J connectivity index is 1.48. The molecule has 110 valence electrons. The quantitative estimate of drug-likeness (QED) is 0.841. The van der Waals surface area contributed by atoms with Crippen LogP contribution in [0.2, 0.25) is 0 Å². The largest absolute Gasteiger partial charge is 0.310 e. The maximum Gasteiger partial charge on any atom is 0.0198 e. The third-order valence-electron chi connectivity index (χ3n) is 5.25. The molecule has 2 bridgehead atoms. The Hall–Kier alpha value is -0.120. The summed E-state index contributed by atoms with van der Waals surface area (Å²) in [5.74, 6) is 0.815.